The number of carbonyl (C=O) groups excluding carboxylic acids is 2. The quantitative estimate of drug-likeness (QED) is 0.737. The van der Waals surface area contributed by atoms with Crippen molar-refractivity contribution in [3.05, 3.63) is 29.8 Å². The molecule has 2 amide bonds. The van der Waals surface area contributed by atoms with Crippen LogP contribution in [0.3, 0.4) is 0 Å². The molecule has 3 rings (SSSR count). The summed E-state index contributed by atoms with van der Waals surface area (Å²) in [7, 11) is -3.51. The zero-order valence-electron chi connectivity index (χ0n) is 16.1. The molecule has 0 spiro atoms. The molecule has 2 aliphatic heterocycles. The highest BCUT2D eigenvalue weighted by atomic mass is 35.5. The van der Waals surface area contributed by atoms with Gasteiger partial charge in [-0.15, -0.1) is 12.4 Å². The van der Waals surface area contributed by atoms with E-state index in [-0.39, 0.29) is 37.7 Å². The van der Waals surface area contributed by atoms with Crippen molar-refractivity contribution in [3.63, 3.8) is 0 Å². The zero-order valence-corrected chi connectivity index (χ0v) is 17.7. The van der Waals surface area contributed by atoms with Crippen molar-refractivity contribution >= 4 is 39.7 Å². The van der Waals surface area contributed by atoms with Crippen molar-refractivity contribution in [2.24, 2.45) is 0 Å². The van der Waals surface area contributed by atoms with Gasteiger partial charge in [0.15, 0.2) is 14.6 Å². The molecule has 28 heavy (non-hydrogen) atoms. The fourth-order valence-corrected chi connectivity index (χ4v) is 5.17. The summed E-state index contributed by atoms with van der Waals surface area (Å²) in [5, 5.41) is 5.90. The highest BCUT2D eigenvalue weighted by molar-refractivity contribution is 7.92. The Morgan fingerprint density at radius 3 is 2.39 bits per heavy atom. The van der Waals surface area contributed by atoms with Crippen LogP contribution in [0.2, 0.25) is 0 Å². The molecule has 2 heterocycles. The van der Waals surface area contributed by atoms with Crippen LogP contribution in [0.25, 0.3) is 0 Å². The number of nitrogens with zero attached hydrogens (tertiary/aromatic N) is 1. The van der Waals surface area contributed by atoms with Gasteiger partial charge < -0.3 is 15.5 Å². The second kappa shape index (κ2) is 9.24. The van der Waals surface area contributed by atoms with E-state index in [0.29, 0.717) is 19.5 Å². The maximum absolute atomic E-state index is 12.7. The number of sulfone groups is 1. The highest BCUT2D eigenvalue weighted by Crippen LogP contribution is 2.28. The topological polar surface area (TPSA) is 95.6 Å². The number of piperidine rings is 2. The third kappa shape index (κ3) is 4.67. The van der Waals surface area contributed by atoms with Gasteiger partial charge in [-0.2, -0.15) is 0 Å². The standard InChI is InChI=1S/C19H27N3O4S.ClH/c1-27(25,26)19(9-11-20-12-10-19)18(24)21-14-15-5-7-16(8-6-15)22-13-3-2-4-17(22)23;/h5-8,20H,2-4,9-14H2,1H3,(H,21,24);1H. The van der Waals surface area contributed by atoms with Crippen LogP contribution in [0.4, 0.5) is 5.69 Å². The normalized spacial score (nSPS) is 19.6. The Bertz CT molecular complexity index is 805. The van der Waals surface area contributed by atoms with Crippen molar-refractivity contribution in [3.8, 4) is 0 Å². The molecule has 0 atom stereocenters. The lowest BCUT2D eigenvalue weighted by atomic mass is 9.95. The first-order valence-electron chi connectivity index (χ1n) is 9.41. The van der Waals surface area contributed by atoms with Crippen LogP contribution in [-0.2, 0) is 26.0 Å². The van der Waals surface area contributed by atoms with Gasteiger partial charge in [0.2, 0.25) is 11.8 Å². The van der Waals surface area contributed by atoms with Gasteiger partial charge in [0.05, 0.1) is 0 Å². The van der Waals surface area contributed by atoms with E-state index >= 15 is 0 Å². The monoisotopic (exact) mass is 429 g/mol. The van der Waals surface area contributed by atoms with Gasteiger partial charge in [0.25, 0.3) is 0 Å². The molecular formula is C19H28ClN3O4S. The Balaban J connectivity index is 0.00000280. The molecule has 7 nitrogen and oxygen atoms in total. The number of carbonyl (C=O) groups is 2. The van der Waals surface area contributed by atoms with Crippen LogP contribution in [-0.4, -0.2) is 50.9 Å². The number of benzene rings is 1. The zero-order chi connectivity index (χ0) is 19.5. The van der Waals surface area contributed by atoms with E-state index in [1.165, 1.54) is 0 Å². The Hall–Kier alpha value is -1.64. The lowest BCUT2D eigenvalue weighted by Crippen LogP contribution is -2.57. The minimum Gasteiger partial charge on any atom is -0.351 e. The first kappa shape index (κ1) is 22.6. The molecule has 0 saturated carbocycles. The second-order valence-electron chi connectivity index (χ2n) is 7.37. The largest absolute Gasteiger partial charge is 0.351 e. The predicted molar refractivity (Wildman–Crippen MR) is 111 cm³/mol. The van der Waals surface area contributed by atoms with Crippen LogP contribution in [0.15, 0.2) is 24.3 Å². The lowest BCUT2D eigenvalue weighted by Gasteiger charge is -2.34. The molecule has 2 fully saturated rings. The fourth-order valence-electron chi connectivity index (χ4n) is 3.81. The number of halogens is 1. The molecule has 2 saturated heterocycles. The molecule has 1 aromatic rings. The molecule has 1 aromatic carbocycles. The number of amides is 2. The number of nitrogens with one attached hydrogen (secondary N) is 2. The number of anilines is 1. The molecule has 0 radical (unpaired) electrons. The van der Waals surface area contributed by atoms with E-state index < -0.39 is 20.5 Å². The minimum absolute atomic E-state index is 0. The van der Waals surface area contributed by atoms with E-state index in [9.17, 15) is 18.0 Å². The van der Waals surface area contributed by atoms with Crippen molar-refractivity contribution in [2.45, 2.75) is 43.4 Å². The van der Waals surface area contributed by atoms with Gasteiger partial charge in [-0.3, -0.25) is 9.59 Å². The molecule has 9 heteroatoms. The maximum Gasteiger partial charge on any atom is 0.241 e. The van der Waals surface area contributed by atoms with Gasteiger partial charge in [0, 0.05) is 31.5 Å². The van der Waals surface area contributed by atoms with Crippen LogP contribution >= 0.6 is 12.4 Å². The van der Waals surface area contributed by atoms with Gasteiger partial charge in [-0.25, -0.2) is 8.42 Å². The third-order valence-corrected chi connectivity index (χ3v) is 7.57. The Morgan fingerprint density at radius 1 is 1.18 bits per heavy atom. The Labute approximate surface area is 172 Å². The third-order valence-electron chi connectivity index (χ3n) is 5.56. The van der Waals surface area contributed by atoms with Crippen LogP contribution < -0.4 is 15.5 Å². The average molecular weight is 430 g/mol. The summed E-state index contributed by atoms with van der Waals surface area (Å²) < 4.78 is 23.2. The highest BCUT2D eigenvalue weighted by Gasteiger charge is 2.48. The van der Waals surface area contributed by atoms with Gasteiger partial charge in [-0.05, 0) is 56.5 Å². The molecule has 2 aliphatic rings. The van der Waals surface area contributed by atoms with Gasteiger partial charge in [-0.1, -0.05) is 12.1 Å². The van der Waals surface area contributed by atoms with Crippen LogP contribution in [0, 0.1) is 0 Å². The average Bonchev–Trinajstić information content (AvgIpc) is 2.67. The van der Waals surface area contributed by atoms with E-state index in [2.05, 4.69) is 10.6 Å². The summed E-state index contributed by atoms with van der Waals surface area (Å²) in [6.45, 7) is 2.02. The molecule has 0 aromatic heterocycles. The van der Waals surface area contributed by atoms with Crippen molar-refractivity contribution in [1.82, 2.24) is 10.6 Å². The number of hydrogen-bond donors (Lipinski definition) is 2. The second-order valence-corrected chi connectivity index (χ2v) is 9.69. The van der Waals surface area contributed by atoms with Gasteiger partial charge >= 0.3 is 0 Å². The van der Waals surface area contributed by atoms with Crippen molar-refractivity contribution < 1.29 is 18.0 Å². The Morgan fingerprint density at radius 2 is 1.82 bits per heavy atom. The summed E-state index contributed by atoms with van der Waals surface area (Å²) in [5.41, 5.74) is 1.73. The summed E-state index contributed by atoms with van der Waals surface area (Å²) >= 11 is 0. The van der Waals surface area contributed by atoms with E-state index in [0.717, 1.165) is 36.9 Å². The lowest BCUT2D eigenvalue weighted by molar-refractivity contribution is -0.124. The molecule has 156 valence electrons. The Kier molecular flexibility index (Phi) is 7.47. The SMILES string of the molecule is CS(=O)(=O)C1(C(=O)NCc2ccc(N3CCCCC3=O)cc2)CCNCC1.Cl. The molecule has 0 bridgehead atoms. The molecule has 2 N–H and O–H groups in total. The van der Waals surface area contributed by atoms with E-state index in [1.54, 1.807) is 4.90 Å². The molecule has 0 unspecified atom stereocenters. The first-order chi connectivity index (χ1) is 12.8. The smallest absolute Gasteiger partial charge is 0.241 e. The summed E-state index contributed by atoms with van der Waals surface area (Å²) in [4.78, 5) is 26.5. The first-order valence-corrected chi connectivity index (χ1v) is 11.3. The van der Waals surface area contributed by atoms with Crippen LogP contribution in [0.5, 0.6) is 0 Å². The summed E-state index contributed by atoms with van der Waals surface area (Å²) in [6, 6.07) is 7.49. The molecular weight excluding hydrogens is 402 g/mol. The number of hydrogen-bond acceptors (Lipinski definition) is 5. The molecule has 0 aliphatic carbocycles. The van der Waals surface area contributed by atoms with E-state index in [1.807, 2.05) is 24.3 Å². The van der Waals surface area contributed by atoms with Crippen molar-refractivity contribution in [2.75, 3.05) is 30.8 Å². The predicted octanol–water partition coefficient (Wildman–Crippen LogP) is 1.41. The minimum atomic E-state index is -3.51. The van der Waals surface area contributed by atoms with E-state index in [4.69, 9.17) is 0 Å². The number of rotatable bonds is 5. The van der Waals surface area contributed by atoms with Gasteiger partial charge in [0.1, 0.15) is 0 Å². The summed E-state index contributed by atoms with van der Waals surface area (Å²) in [5.74, 6) is -0.287. The van der Waals surface area contributed by atoms with Crippen LogP contribution in [0.1, 0.15) is 37.7 Å². The summed E-state index contributed by atoms with van der Waals surface area (Å²) in [6.07, 6.45) is 4.24. The maximum atomic E-state index is 12.7. The van der Waals surface area contributed by atoms with Crippen molar-refractivity contribution in [1.29, 1.82) is 0 Å². The fraction of sp³-hybridized carbons (Fsp3) is 0.579.